The highest BCUT2D eigenvalue weighted by Crippen LogP contribution is 2.20. The number of nitrogens with one attached hydrogen (secondary N) is 1. The summed E-state index contributed by atoms with van der Waals surface area (Å²) in [5.74, 6) is -2.12. The third-order valence-electron chi connectivity index (χ3n) is 5.31. The van der Waals surface area contributed by atoms with Crippen LogP contribution in [0.5, 0.6) is 0 Å². The van der Waals surface area contributed by atoms with Gasteiger partial charge in [0.15, 0.2) is 5.69 Å². The minimum absolute atomic E-state index is 0.170. The molecule has 0 aromatic carbocycles. The van der Waals surface area contributed by atoms with Crippen LogP contribution in [0.4, 0.5) is 10.5 Å². The Morgan fingerprint density at radius 2 is 1.76 bits per heavy atom. The number of carboxylic acid groups (broad SMARTS) is 1. The first-order valence-electron chi connectivity index (χ1n) is 10.5. The molecule has 0 radical (unpaired) electrons. The fourth-order valence-corrected chi connectivity index (χ4v) is 3.50. The number of carbonyl (C=O) groups is 4. The van der Waals surface area contributed by atoms with E-state index in [1.54, 1.807) is 30.6 Å². The summed E-state index contributed by atoms with van der Waals surface area (Å²) in [6.45, 7) is 6.91. The molecule has 2 N–H and O–H groups in total. The van der Waals surface area contributed by atoms with Gasteiger partial charge in [0.2, 0.25) is 5.91 Å². The first-order valence-corrected chi connectivity index (χ1v) is 10.5. The molecule has 0 bridgehead atoms. The molecular formula is C20H27N7O6. The summed E-state index contributed by atoms with van der Waals surface area (Å²) >= 11 is 0. The Morgan fingerprint density at radius 1 is 1.12 bits per heavy atom. The van der Waals surface area contributed by atoms with Crippen LogP contribution in [0.1, 0.15) is 46.4 Å². The smallest absolute Gasteiger partial charge is 0.409 e. The molecule has 13 heteroatoms. The first kappa shape index (κ1) is 23.8. The Bertz CT molecular complexity index is 1070. The van der Waals surface area contributed by atoms with E-state index in [0.717, 1.165) is 0 Å². The quantitative estimate of drug-likeness (QED) is 0.639. The topological polar surface area (TPSA) is 152 Å². The maximum Gasteiger partial charge on any atom is 0.409 e. The van der Waals surface area contributed by atoms with Gasteiger partial charge in [-0.05, 0) is 20.8 Å². The molecule has 1 fully saturated rings. The van der Waals surface area contributed by atoms with Crippen LogP contribution in [-0.2, 0) is 16.6 Å². The van der Waals surface area contributed by atoms with E-state index in [1.165, 1.54) is 28.8 Å². The van der Waals surface area contributed by atoms with Crippen LogP contribution in [0.2, 0.25) is 0 Å². The SMILES string of the molecule is CCOC(=O)N1CCN(C(=O)C(C)n2cc(NC(=O)c3nn(C)cc3C(=O)O)c(C)n2)CC1. The molecule has 0 aliphatic carbocycles. The van der Waals surface area contributed by atoms with Gasteiger partial charge in [-0.3, -0.25) is 19.0 Å². The van der Waals surface area contributed by atoms with E-state index < -0.39 is 17.9 Å². The van der Waals surface area contributed by atoms with Crippen molar-refractivity contribution in [2.45, 2.75) is 26.8 Å². The summed E-state index contributed by atoms with van der Waals surface area (Å²) in [7, 11) is 1.52. The highest BCUT2D eigenvalue weighted by atomic mass is 16.6. The van der Waals surface area contributed by atoms with Gasteiger partial charge in [0.05, 0.1) is 18.0 Å². The molecule has 2 aromatic heterocycles. The van der Waals surface area contributed by atoms with Crippen molar-refractivity contribution < 1.29 is 29.0 Å². The van der Waals surface area contributed by atoms with Crippen molar-refractivity contribution in [2.75, 3.05) is 38.1 Å². The van der Waals surface area contributed by atoms with Crippen molar-refractivity contribution in [3.05, 3.63) is 29.3 Å². The second kappa shape index (κ2) is 9.71. The monoisotopic (exact) mass is 461 g/mol. The number of rotatable bonds is 6. The van der Waals surface area contributed by atoms with Gasteiger partial charge in [0, 0.05) is 45.6 Å². The van der Waals surface area contributed by atoms with Crippen LogP contribution < -0.4 is 5.32 Å². The predicted octanol–water partition coefficient (Wildman–Crippen LogP) is 0.737. The van der Waals surface area contributed by atoms with Gasteiger partial charge >= 0.3 is 12.1 Å². The molecule has 178 valence electrons. The molecule has 3 amide bonds. The standard InChI is InChI=1S/C20H27N7O6/c1-5-33-20(32)26-8-6-25(7-9-26)18(29)13(3)27-11-15(12(2)22-27)21-17(28)16-14(19(30)31)10-24(4)23-16/h10-11,13H,5-9H2,1-4H3,(H,21,28)(H,30,31). The van der Waals surface area contributed by atoms with Crippen molar-refractivity contribution in [3.63, 3.8) is 0 Å². The maximum absolute atomic E-state index is 13.0. The normalized spacial score (nSPS) is 14.7. The highest BCUT2D eigenvalue weighted by molar-refractivity contribution is 6.09. The van der Waals surface area contributed by atoms with Gasteiger partial charge in [-0.15, -0.1) is 0 Å². The van der Waals surface area contributed by atoms with E-state index in [1.807, 2.05) is 0 Å². The van der Waals surface area contributed by atoms with Crippen molar-refractivity contribution in [1.29, 1.82) is 0 Å². The van der Waals surface area contributed by atoms with E-state index in [9.17, 15) is 24.3 Å². The number of carbonyl (C=O) groups excluding carboxylic acids is 3. The number of aryl methyl sites for hydroxylation is 2. The number of piperazine rings is 1. The van der Waals surface area contributed by atoms with Gasteiger partial charge in [-0.2, -0.15) is 10.2 Å². The Kier molecular flexibility index (Phi) is 6.99. The molecule has 33 heavy (non-hydrogen) atoms. The minimum Gasteiger partial charge on any atom is -0.478 e. The number of aromatic nitrogens is 4. The van der Waals surface area contributed by atoms with Crippen LogP contribution in [-0.4, -0.2) is 91.1 Å². The molecule has 1 unspecified atom stereocenters. The second-order valence-electron chi connectivity index (χ2n) is 7.62. The van der Waals surface area contributed by atoms with Crippen LogP contribution in [0.25, 0.3) is 0 Å². The van der Waals surface area contributed by atoms with Gasteiger partial charge in [-0.1, -0.05) is 0 Å². The molecule has 3 rings (SSSR count). The molecule has 0 spiro atoms. The van der Waals surface area contributed by atoms with Crippen LogP contribution in [0.3, 0.4) is 0 Å². The number of ether oxygens (including phenoxy) is 1. The average Bonchev–Trinajstić information content (AvgIpc) is 3.36. The molecule has 1 aliphatic heterocycles. The Hall–Kier alpha value is -3.90. The van der Waals surface area contributed by atoms with Gasteiger partial charge < -0.3 is 25.0 Å². The zero-order chi connectivity index (χ0) is 24.3. The highest BCUT2D eigenvalue weighted by Gasteiger charge is 2.29. The number of hydrogen-bond acceptors (Lipinski definition) is 7. The lowest BCUT2D eigenvalue weighted by Crippen LogP contribution is -2.52. The molecular weight excluding hydrogens is 434 g/mol. The molecule has 1 aliphatic rings. The predicted molar refractivity (Wildman–Crippen MR) is 115 cm³/mol. The van der Waals surface area contributed by atoms with E-state index in [4.69, 9.17) is 4.74 Å². The fourth-order valence-electron chi connectivity index (χ4n) is 3.50. The Balaban J connectivity index is 1.66. The van der Waals surface area contributed by atoms with Crippen molar-refractivity contribution in [2.24, 2.45) is 7.05 Å². The number of carboxylic acids is 1. The van der Waals surface area contributed by atoms with Gasteiger partial charge in [0.1, 0.15) is 11.6 Å². The van der Waals surface area contributed by atoms with Crippen LogP contribution in [0, 0.1) is 6.92 Å². The molecule has 13 nitrogen and oxygen atoms in total. The minimum atomic E-state index is -1.26. The molecule has 3 heterocycles. The maximum atomic E-state index is 13.0. The number of aromatic carboxylic acids is 1. The largest absolute Gasteiger partial charge is 0.478 e. The molecule has 1 saturated heterocycles. The lowest BCUT2D eigenvalue weighted by molar-refractivity contribution is -0.136. The lowest BCUT2D eigenvalue weighted by Gasteiger charge is -2.35. The summed E-state index contributed by atoms with van der Waals surface area (Å²) in [4.78, 5) is 51.9. The third-order valence-corrected chi connectivity index (χ3v) is 5.31. The van der Waals surface area contributed by atoms with Crippen LogP contribution in [0.15, 0.2) is 12.4 Å². The van der Waals surface area contributed by atoms with E-state index in [2.05, 4.69) is 15.5 Å². The van der Waals surface area contributed by atoms with E-state index in [-0.39, 0.29) is 23.3 Å². The number of hydrogen-bond donors (Lipinski definition) is 2. The van der Waals surface area contributed by atoms with Crippen molar-refractivity contribution in [3.8, 4) is 0 Å². The summed E-state index contributed by atoms with van der Waals surface area (Å²) < 4.78 is 7.68. The third kappa shape index (κ3) is 5.13. The number of anilines is 1. The summed E-state index contributed by atoms with van der Waals surface area (Å²) in [5.41, 5.74) is 0.364. The Morgan fingerprint density at radius 3 is 2.36 bits per heavy atom. The average molecular weight is 461 g/mol. The van der Waals surface area contributed by atoms with E-state index >= 15 is 0 Å². The van der Waals surface area contributed by atoms with Crippen LogP contribution >= 0.6 is 0 Å². The lowest BCUT2D eigenvalue weighted by atomic mass is 10.2. The number of nitrogens with zero attached hydrogens (tertiary/aromatic N) is 6. The summed E-state index contributed by atoms with van der Waals surface area (Å²) in [6.07, 6.45) is 2.38. The molecule has 2 aromatic rings. The summed E-state index contributed by atoms with van der Waals surface area (Å²) in [6, 6.07) is -0.645. The first-order chi connectivity index (χ1) is 15.6. The zero-order valence-electron chi connectivity index (χ0n) is 18.9. The zero-order valence-corrected chi connectivity index (χ0v) is 18.9. The Labute approximate surface area is 189 Å². The molecule has 0 saturated carbocycles. The number of amides is 3. The van der Waals surface area contributed by atoms with Crippen molar-refractivity contribution in [1.82, 2.24) is 29.4 Å². The fraction of sp³-hybridized carbons (Fsp3) is 0.500. The van der Waals surface area contributed by atoms with E-state index in [0.29, 0.717) is 44.2 Å². The second-order valence-corrected chi connectivity index (χ2v) is 7.62. The van der Waals surface area contributed by atoms with Gasteiger partial charge in [-0.25, -0.2) is 9.59 Å². The summed E-state index contributed by atoms with van der Waals surface area (Å²) in [5, 5.41) is 20.1. The van der Waals surface area contributed by atoms with Crippen molar-refractivity contribution >= 4 is 29.6 Å². The molecule has 1 atom stereocenters. The van der Waals surface area contributed by atoms with Gasteiger partial charge in [0.25, 0.3) is 5.91 Å².